The maximum absolute atomic E-state index is 12.6. The fraction of sp³-hybridized carbons (Fsp3) is 0.650. The average Bonchev–Trinajstić information content (AvgIpc) is 3.16. The SMILES string of the molecule is CN=C(NCc1cccnc1N1CCC(C(N)=O)CC1)NC1CCN(CC(F)(F)F)C1. The number of hydrogen-bond donors (Lipinski definition) is 3. The Labute approximate surface area is 180 Å². The van der Waals surface area contributed by atoms with Crippen LogP contribution in [0.3, 0.4) is 0 Å². The molecule has 3 rings (SSSR count). The van der Waals surface area contributed by atoms with Gasteiger partial charge in [-0.15, -0.1) is 0 Å². The molecule has 1 amide bonds. The molecule has 1 aromatic heterocycles. The van der Waals surface area contributed by atoms with E-state index in [0.717, 1.165) is 11.4 Å². The predicted molar refractivity (Wildman–Crippen MR) is 113 cm³/mol. The Bertz CT molecular complexity index is 778. The Balaban J connectivity index is 1.53. The van der Waals surface area contributed by atoms with Crippen molar-refractivity contribution in [2.24, 2.45) is 16.6 Å². The van der Waals surface area contributed by atoms with Gasteiger partial charge in [-0.1, -0.05) is 6.07 Å². The van der Waals surface area contributed by atoms with E-state index in [1.165, 1.54) is 4.90 Å². The summed E-state index contributed by atoms with van der Waals surface area (Å²) in [6, 6.07) is 3.75. The van der Waals surface area contributed by atoms with Crippen LogP contribution in [0.5, 0.6) is 0 Å². The van der Waals surface area contributed by atoms with E-state index in [4.69, 9.17) is 5.73 Å². The molecule has 0 aromatic carbocycles. The zero-order valence-corrected chi connectivity index (χ0v) is 17.7. The molecule has 0 saturated carbocycles. The van der Waals surface area contributed by atoms with Gasteiger partial charge in [0.2, 0.25) is 5.91 Å². The molecule has 0 spiro atoms. The third-order valence-electron chi connectivity index (χ3n) is 5.75. The topological polar surface area (TPSA) is 98.9 Å². The van der Waals surface area contributed by atoms with E-state index in [1.54, 1.807) is 13.2 Å². The van der Waals surface area contributed by atoms with Crippen molar-refractivity contribution >= 4 is 17.7 Å². The van der Waals surface area contributed by atoms with Crippen molar-refractivity contribution in [1.82, 2.24) is 20.5 Å². The number of likely N-dealkylation sites (tertiary alicyclic amines) is 1. The van der Waals surface area contributed by atoms with E-state index >= 15 is 0 Å². The number of nitrogens with zero attached hydrogens (tertiary/aromatic N) is 4. The Hall–Kier alpha value is -2.56. The smallest absolute Gasteiger partial charge is 0.369 e. The third-order valence-corrected chi connectivity index (χ3v) is 5.75. The molecule has 31 heavy (non-hydrogen) atoms. The molecule has 8 nitrogen and oxygen atoms in total. The van der Waals surface area contributed by atoms with E-state index < -0.39 is 12.7 Å². The van der Waals surface area contributed by atoms with E-state index in [-0.39, 0.29) is 17.9 Å². The number of piperidine rings is 1. The number of nitrogens with two attached hydrogens (primary N) is 1. The standard InChI is InChI=1S/C20H30F3N7O/c1-25-19(28-16-6-8-29(12-16)13-20(21,22)23)27-11-15-3-2-7-26-18(15)30-9-4-14(5-10-30)17(24)31/h2-3,7,14,16H,4-6,8-13H2,1H3,(H2,24,31)(H2,25,27,28). The molecule has 2 aliphatic rings. The molecular weight excluding hydrogens is 411 g/mol. The first-order chi connectivity index (χ1) is 14.7. The molecule has 1 aromatic rings. The zero-order valence-electron chi connectivity index (χ0n) is 17.7. The Morgan fingerprint density at radius 1 is 1.29 bits per heavy atom. The van der Waals surface area contributed by atoms with Crippen molar-refractivity contribution in [3.05, 3.63) is 23.9 Å². The van der Waals surface area contributed by atoms with Gasteiger partial charge in [0.25, 0.3) is 0 Å². The van der Waals surface area contributed by atoms with Crippen molar-refractivity contribution in [3.63, 3.8) is 0 Å². The lowest BCUT2D eigenvalue weighted by Gasteiger charge is -2.32. The highest BCUT2D eigenvalue weighted by atomic mass is 19.4. The number of primary amides is 1. The summed E-state index contributed by atoms with van der Waals surface area (Å²) in [5, 5.41) is 6.45. The van der Waals surface area contributed by atoms with Gasteiger partial charge in [-0.3, -0.25) is 14.7 Å². The number of halogens is 3. The molecule has 4 N–H and O–H groups in total. The summed E-state index contributed by atoms with van der Waals surface area (Å²) in [5.41, 5.74) is 6.40. The summed E-state index contributed by atoms with van der Waals surface area (Å²) in [7, 11) is 1.64. The predicted octanol–water partition coefficient (Wildman–Crippen LogP) is 1.08. The molecule has 0 radical (unpaired) electrons. The highest BCUT2D eigenvalue weighted by Crippen LogP contribution is 2.24. The van der Waals surface area contributed by atoms with E-state index in [9.17, 15) is 18.0 Å². The fourth-order valence-corrected chi connectivity index (χ4v) is 4.14. The van der Waals surface area contributed by atoms with Crippen LogP contribution in [0.25, 0.3) is 0 Å². The van der Waals surface area contributed by atoms with Gasteiger partial charge < -0.3 is 21.3 Å². The van der Waals surface area contributed by atoms with Crippen LogP contribution in [0, 0.1) is 5.92 Å². The average molecular weight is 442 g/mol. The second kappa shape index (κ2) is 10.2. The highest BCUT2D eigenvalue weighted by Gasteiger charge is 2.34. The molecule has 11 heteroatoms. The van der Waals surface area contributed by atoms with Gasteiger partial charge >= 0.3 is 6.18 Å². The van der Waals surface area contributed by atoms with E-state index in [1.807, 2.05) is 12.1 Å². The maximum atomic E-state index is 12.6. The summed E-state index contributed by atoms with van der Waals surface area (Å²) in [6.07, 6.45) is -0.406. The number of carbonyl (C=O) groups is 1. The second-order valence-corrected chi connectivity index (χ2v) is 8.06. The molecule has 0 bridgehead atoms. The van der Waals surface area contributed by atoms with Crippen LogP contribution in [-0.2, 0) is 11.3 Å². The maximum Gasteiger partial charge on any atom is 0.401 e. The van der Waals surface area contributed by atoms with E-state index in [2.05, 4.69) is 25.5 Å². The number of rotatable bonds is 6. The van der Waals surface area contributed by atoms with Gasteiger partial charge in [0.05, 0.1) is 6.54 Å². The largest absolute Gasteiger partial charge is 0.401 e. The molecule has 1 atom stereocenters. The molecule has 2 fully saturated rings. The van der Waals surface area contributed by atoms with Gasteiger partial charge in [0, 0.05) is 63.5 Å². The summed E-state index contributed by atoms with van der Waals surface area (Å²) in [4.78, 5) is 23.7. The lowest BCUT2D eigenvalue weighted by molar-refractivity contribution is -0.143. The molecule has 0 aliphatic carbocycles. The van der Waals surface area contributed by atoms with Gasteiger partial charge in [0.1, 0.15) is 5.82 Å². The molecule has 2 saturated heterocycles. The quantitative estimate of drug-likeness (QED) is 0.452. The monoisotopic (exact) mass is 441 g/mol. The molecule has 1 unspecified atom stereocenters. The van der Waals surface area contributed by atoms with Crippen molar-refractivity contribution in [1.29, 1.82) is 0 Å². The van der Waals surface area contributed by atoms with Crippen LogP contribution in [0.4, 0.5) is 19.0 Å². The first-order valence-electron chi connectivity index (χ1n) is 10.5. The molecule has 3 heterocycles. The third kappa shape index (κ3) is 6.71. The minimum absolute atomic E-state index is 0.0882. The highest BCUT2D eigenvalue weighted by molar-refractivity contribution is 5.80. The second-order valence-electron chi connectivity index (χ2n) is 8.06. The summed E-state index contributed by atoms with van der Waals surface area (Å²) >= 11 is 0. The molecule has 2 aliphatic heterocycles. The van der Waals surface area contributed by atoms with Crippen molar-refractivity contribution < 1.29 is 18.0 Å². The van der Waals surface area contributed by atoms with Crippen LogP contribution >= 0.6 is 0 Å². The number of guanidine groups is 1. The van der Waals surface area contributed by atoms with Crippen molar-refractivity contribution in [2.45, 2.75) is 38.0 Å². The summed E-state index contributed by atoms with van der Waals surface area (Å²) in [5.74, 6) is 1.05. The Morgan fingerprint density at radius 2 is 2.03 bits per heavy atom. The molecule has 172 valence electrons. The molecular formula is C20H30F3N7O. The fourth-order valence-electron chi connectivity index (χ4n) is 4.14. The van der Waals surface area contributed by atoms with Crippen LogP contribution in [0.1, 0.15) is 24.8 Å². The Morgan fingerprint density at radius 3 is 2.68 bits per heavy atom. The minimum atomic E-state index is -4.18. The number of nitrogens with one attached hydrogen (secondary N) is 2. The minimum Gasteiger partial charge on any atom is -0.369 e. The first kappa shape index (κ1) is 23.1. The van der Waals surface area contributed by atoms with Crippen LogP contribution in [0.2, 0.25) is 0 Å². The number of amides is 1. The van der Waals surface area contributed by atoms with Crippen LogP contribution in [0.15, 0.2) is 23.3 Å². The lowest BCUT2D eigenvalue weighted by atomic mass is 9.96. The number of alkyl halides is 3. The summed E-state index contributed by atoms with van der Waals surface area (Å²) in [6.45, 7) is 1.74. The van der Waals surface area contributed by atoms with Crippen LogP contribution in [-0.4, -0.2) is 73.7 Å². The van der Waals surface area contributed by atoms with Gasteiger partial charge in [-0.05, 0) is 25.3 Å². The normalized spacial score (nSPS) is 21.4. The van der Waals surface area contributed by atoms with Gasteiger partial charge in [0.15, 0.2) is 5.96 Å². The number of hydrogen-bond acceptors (Lipinski definition) is 5. The Kier molecular flexibility index (Phi) is 7.58. The number of aliphatic imine (C=N–C) groups is 1. The lowest BCUT2D eigenvalue weighted by Crippen LogP contribution is -2.45. The number of anilines is 1. The van der Waals surface area contributed by atoms with Crippen molar-refractivity contribution in [2.75, 3.05) is 44.7 Å². The zero-order chi connectivity index (χ0) is 22.4. The van der Waals surface area contributed by atoms with Crippen LogP contribution < -0.4 is 21.3 Å². The summed E-state index contributed by atoms with van der Waals surface area (Å²) < 4.78 is 37.8. The van der Waals surface area contributed by atoms with Gasteiger partial charge in [-0.25, -0.2) is 4.98 Å². The van der Waals surface area contributed by atoms with Crippen molar-refractivity contribution in [3.8, 4) is 0 Å². The van der Waals surface area contributed by atoms with Gasteiger partial charge in [-0.2, -0.15) is 13.2 Å². The number of pyridine rings is 1. The number of carbonyl (C=O) groups excluding carboxylic acids is 1. The first-order valence-corrected chi connectivity index (χ1v) is 10.5. The van der Waals surface area contributed by atoms with E-state index in [0.29, 0.717) is 57.9 Å². The number of aromatic nitrogens is 1.